The second-order valence-corrected chi connectivity index (χ2v) is 17.1. The summed E-state index contributed by atoms with van der Waals surface area (Å²) in [4.78, 5) is 26.8. The summed E-state index contributed by atoms with van der Waals surface area (Å²) in [7, 11) is -2.98. The summed E-state index contributed by atoms with van der Waals surface area (Å²) in [6.45, 7) is 7.65. The van der Waals surface area contributed by atoms with Crippen LogP contribution in [-0.4, -0.2) is 65.8 Å². The van der Waals surface area contributed by atoms with Crippen molar-refractivity contribution in [2.24, 2.45) is 0 Å². The third-order valence-electron chi connectivity index (χ3n) is 8.57. The van der Waals surface area contributed by atoms with Crippen molar-refractivity contribution in [1.29, 1.82) is 0 Å². The van der Waals surface area contributed by atoms with E-state index in [0.29, 0.717) is 5.56 Å². The number of benzene rings is 3. The summed E-state index contributed by atoms with van der Waals surface area (Å²) >= 11 is 0. The Bertz CT molecular complexity index is 1670. The molecule has 250 valence electrons. The Morgan fingerprint density at radius 3 is 2.02 bits per heavy atom. The number of nitrogens with zero attached hydrogens (tertiary/aromatic N) is 2. The van der Waals surface area contributed by atoms with Crippen molar-refractivity contribution in [3.05, 3.63) is 129 Å². The van der Waals surface area contributed by atoms with Crippen LogP contribution < -0.4 is 21.6 Å². The van der Waals surface area contributed by atoms with Gasteiger partial charge in [-0.1, -0.05) is 112 Å². The molecule has 5 rings (SSSR count). The lowest BCUT2D eigenvalue weighted by Gasteiger charge is -2.43. The smallest absolute Gasteiger partial charge is 0.335 e. The van der Waals surface area contributed by atoms with Crippen LogP contribution in [0.2, 0.25) is 5.04 Å². The summed E-state index contributed by atoms with van der Waals surface area (Å²) < 4.78 is 27.3. The van der Waals surface area contributed by atoms with Gasteiger partial charge in [0.25, 0.3) is 13.9 Å². The highest BCUT2D eigenvalue weighted by Crippen LogP contribution is 2.38. The Kier molecular flexibility index (Phi) is 11.1. The molecule has 0 spiro atoms. The van der Waals surface area contributed by atoms with Crippen LogP contribution in [-0.2, 0) is 32.0 Å². The van der Waals surface area contributed by atoms with E-state index < -0.39 is 44.1 Å². The van der Waals surface area contributed by atoms with Crippen LogP contribution in [0, 0.1) is 6.92 Å². The second-order valence-electron chi connectivity index (χ2n) is 12.8. The summed E-state index contributed by atoms with van der Waals surface area (Å²) in [5, 5.41) is 23.0. The van der Waals surface area contributed by atoms with Crippen LogP contribution >= 0.6 is 0 Å². The van der Waals surface area contributed by atoms with Gasteiger partial charge < -0.3 is 28.8 Å². The van der Waals surface area contributed by atoms with Gasteiger partial charge >= 0.3 is 5.69 Å². The third kappa shape index (κ3) is 7.26. The van der Waals surface area contributed by atoms with E-state index in [1.165, 1.54) is 10.8 Å². The maximum Gasteiger partial charge on any atom is 0.335 e. The first-order chi connectivity index (χ1) is 22.6. The Labute approximate surface area is 275 Å². The Balaban J connectivity index is 1.46. The molecule has 10 nitrogen and oxygen atoms in total. The number of aromatic nitrogens is 2. The maximum absolute atomic E-state index is 13.8. The molecule has 1 saturated heterocycles. The topological polar surface area (TPSA) is 121 Å². The minimum atomic E-state index is -2.98. The molecule has 0 unspecified atom stereocenters. The molecule has 3 aromatic carbocycles. The van der Waals surface area contributed by atoms with Crippen molar-refractivity contribution in [2.45, 2.75) is 70.6 Å². The number of aliphatic hydroxyl groups is 2. The first kappa shape index (κ1) is 34.6. The monoisotopic (exact) mass is 660 g/mol. The first-order valence-corrected chi connectivity index (χ1v) is 17.7. The number of aryl methyl sites for hydroxylation is 1. The molecule has 0 saturated carbocycles. The van der Waals surface area contributed by atoms with E-state index in [2.05, 4.69) is 45.0 Å². The largest absolute Gasteiger partial charge is 0.405 e. The van der Waals surface area contributed by atoms with Gasteiger partial charge in [0.2, 0.25) is 0 Å². The Morgan fingerprint density at radius 1 is 0.894 bits per heavy atom. The molecule has 0 aliphatic carbocycles. The molecule has 2 N–H and O–H groups in total. The maximum atomic E-state index is 13.8. The molecule has 0 bridgehead atoms. The lowest BCUT2D eigenvalue weighted by atomic mass is 10.1. The van der Waals surface area contributed by atoms with Gasteiger partial charge in [-0.05, 0) is 27.9 Å². The number of aliphatic hydroxyl groups excluding tert-OH is 2. The molecule has 1 fully saturated rings. The Morgan fingerprint density at radius 2 is 1.47 bits per heavy atom. The van der Waals surface area contributed by atoms with E-state index in [9.17, 15) is 19.8 Å². The molecule has 0 amide bonds. The van der Waals surface area contributed by atoms with Crippen LogP contribution in [0.4, 0.5) is 0 Å². The zero-order chi connectivity index (χ0) is 33.6. The fourth-order valence-electron chi connectivity index (χ4n) is 6.30. The quantitative estimate of drug-likeness (QED) is 0.210. The molecule has 4 atom stereocenters. The molecule has 11 heteroatoms. The van der Waals surface area contributed by atoms with Crippen molar-refractivity contribution >= 4 is 18.7 Å². The average Bonchev–Trinajstić information content (AvgIpc) is 3.38. The molecule has 47 heavy (non-hydrogen) atoms. The second kappa shape index (κ2) is 15.0. The van der Waals surface area contributed by atoms with E-state index in [-0.39, 0.29) is 38.2 Å². The van der Waals surface area contributed by atoms with Gasteiger partial charge in [0.1, 0.15) is 25.0 Å². The molecule has 0 radical (unpaired) electrons. The van der Waals surface area contributed by atoms with Gasteiger partial charge in [0, 0.05) is 11.8 Å². The molecule has 2 heterocycles. The highest BCUT2D eigenvalue weighted by molar-refractivity contribution is 6.99. The minimum absolute atomic E-state index is 0.0114. The highest BCUT2D eigenvalue weighted by atomic mass is 28.4. The van der Waals surface area contributed by atoms with Gasteiger partial charge in [0.15, 0.2) is 6.23 Å². The van der Waals surface area contributed by atoms with Crippen molar-refractivity contribution in [3.8, 4) is 0 Å². The van der Waals surface area contributed by atoms with Crippen LogP contribution in [0.3, 0.4) is 0 Å². The fourth-order valence-corrected chi connectivity index (χ4v) is 10.9. The normalized spacial score (nSPS) is 20.0. The highest BCUT2D eigenvalue weighted by Gasteiger charge is 2.53. The van der Waals surface area contributed by atoms with Crippen LogP contribution in [0.25, 0.3) is 0 Å². The first-order valence-electron chi connectivity index (χ1n) is 15.8. The SMILES string of the molecule is Cc1cn([C@@H]2O[C@H](CO[Si](c3ccccc3)(c3ccccc3)C(C)(C)C)[C@@H](O)[C@H]2OCCO)c(=O)n(COCc2ccccc2)c1=O. The van der Waals surface area contributed by atoms with Gasteiger partial charge in [-0.25, -0.2) is 9.36 Å². The average molecular weight is 661 g/mol. The van der Waals surface area contributed by atoms with Crippen molar-refractivity contribution < 1.29 is 28.8 Å². The minimum Gasteiger partial charge on any atom is -0.405 e. The number of rotatable bonds is 13. The molecule has 4 aromatic rings. The van der Waals surface area contributed by atoms with Crippen molar-refractivity contribution in [2.75, 3.05) is 19.8 Å². The fraction of sp³-hybridized carbons (Fsp3) is 0.389. The summed E-state index contributed by atoms with van der Waals surface area (Å²) in [5.74, 6) is 0. The van der Waals surface area contributed by atoms with Gasteiger partial charge in [-0.2, -0.15) is 0 Å². The van der Waals surface area contributed by atoms with E-state index in [4.69, 9.17) is 18.6 Å². The molecular formula is C36H44N2O8Si. The van der Waals surface area contributed by atoms with Gasteiger partial charge in [-0.3, -0.25) is 9.36 Å². The van der Waals surface area contributed by atoms with Crippen molar-refractivity contribution in [1.82, 2.24) is 9.13 Å². The van der Waals surface area contributed by atoms with Gasteiger partial charge in [-0.15, -0.1) is 0 Å². The van der Waals surface area contributed by atoms with E-state index in [1.54, 1.807) is 6.92 Å². The van der Waals surface area contributed by atoms with Gasteiger partial charge in [0.05, 0.1) is 26.4 Å². The van der Waals surface area contributed by atoms with Crippen LogP contribution in [0.15, 0.2) is 107 Å². The molecular weight excluding hydrogens is 616 g/mol. The predicted molar refractivity (Wildman–Crippen MR) is 181 cm³/mol. The standard InChI is InChI=1S/C36H44N2O8Si/c1-26-22-37(35(42)38(33(26)41)25-43-23-27-14-8-5-9-15-27)34-32(44-21-20-39)31(40)30(46-34)24-45-47(36(2,3)4,28-16-10-6-11-17-28)29-18-12-7-13-19-29/h5-19,22,30-32,34,39-40H,20-21,23-25H2,1-4H3/t30-,31-,32-,34-/m1/s1. The third-order valence-corrected chi connectivity index (χ3v) is 13.6. The zero-order valence-corrected chi connectivity index (χ0v) is 28.3. The van der Waals surface area contributed by atoms with Crippen LogP contribution in [0.1, 0.15) is 38.1 Å². The lowest BCUT2D eigenvalue weighted by molar-refractivity contribution is -0.0804. The molecule has 1 aliphatic rings. The summed E-state index contributed by atoms with van der Waals surface area (Å²) in [6.07, 6.45) is -2.80. The van der Waals surface area contributed by atoms with Crippen molar-refractivity contribution in [3.63, 3.8) is 0 Å². The number of hydrogen-bond donors (Lipinski definition) is 2. The zero-order valence-electron chi connectivity index (χ0n) is 27.3. The van der Waals surface area contributed by atoms with Crippen LogP contribution in [0.5, 0.6) is 0 Å². The number of ether oxygens (including phenoxy) is 3. The summed E-state index contributed by atoms with van der Waals surface area (Å²) in [5.41, 5.74) is 0.0326. The summed E-state index contributed by atoms with van der Waals surface area (Å²) in [6, 6.07) is 29.7. The van der Waals surface area contributed by atoms with E-state index >= 15 is 0 Å². The molecule has 1 aromatic heterocycles. The lowest BCUT2D eigenvalue weighted by Crippen LogP contribution is -2.67. The molecule has 1 aliphatic heterocycles. The van der Waals surface area contributed by atoms with E-state index in [0.717, 1.165) is 20.5 Å². The predicted octanol–water partition coefficient (Wildman–Crippen LogP) is 2.71. The Hall–Kier alpha value is -3.68. The van der Waals surface area contributed by atoms with E-state index in [1.807, 2.05) is 66.7 Å². The number of hydrogen-bond acceptors (Lipinski definition) is 8.